The highest BCUT2D eigenvalue weighted by Crippen LogP contribution is 2.32. The average molecular weight is 388 g/mol. The van der Waals surface area contributed by atoms with Gasteiger partial charge < -0.3 is 14.4 Å². The van der Waals surface area contributed by atoms with Crippen LogP contribution in [-0.2, 0) is 0 Å². The van der Waals surface area contributed by atoms with Gasteiger partial charge in [0.05, 0.1) is 6.54 Å². The predicted molar refractivity (Wildman–Crippen MR) is 95.6 cm³/mol. The zero-order valence-electron chi connectivity index (χ0n) is 15.0. The summed E-state index contributed by atoms with van der Waals surface area (Å²) in [6.07, 6.45) is 0. The van der Waals surface area contributed by atoms with Crippen molar-refractivity contribution in [3.8, 4) is 11.5 Å². The molecule has 0 saturated carbocycles. The van der Waals surface area contributed by atoms with Crippen LogP contribution in [0.15, 0.2) is 36.4 Å². The summed E-state index contributed by atoms with van der Waals surface area (Å²) < 4.78 is 36.9. The molecular weight excluding hydrogens is 370 g/mol. The Balaban J connectivity index is 1.33. The number of fused-ring (bicyclic) bond motifs is 1. The van der Waals surface area contributed by atoms with Crippen molar-refractivity contribution in [2.24, 2.45) is 0 Å². The molecule has 0 spiro atoms. The lowest BCUT2D eigenvalue weighted by atomic mass is 10.1. The first kappa shape index (κ1) is 18.4. The molecule has 6 nitrogen and oxygen atoms in total. The van der Waals surface area contributed by atoms with Gasteiger partial charge in [-0.05, 0) is 36.4 Å². The predicted octanol–water partition coefficient (Wildman–Crippen LogP) is 2.33. The van der Waals surface area contributed by atoms with Crippen molar-refractivity contribution in [1.82, 2.24) is 9.80 Å². The van der Waals surface area contributed by atoms with Crippen molar-refractivity contribution >= 4 is 11.7 Å². The van der Waals surface area contributed by atoms with Crippen LogP contribution in [0.25, 0.3) is 0 Å². The monoisotopic (exact) mass is 388 g/mol. The van der Waals surface area contributed by atoms with E-state index in [1.165, 1.54) is 6.07 Å². The highest BCUT2D eigenvalue weighted by molar-refractivity contribution is 5.98. The van der Waals surface area contributed by atoms with Gasteiger partial charge in [-0.2, -0.15) is 0 Å². The molecule has 146 valence electrons. The van der Waals surface area contributed by atoms with Gasteiger partial charge in [-0.25, -0.2) is 8.78 Å². The minimum atomic E-state index is -1.04. The summed E-state index contributed by atoms with van der Waals surface area (Å²) >= 11 is 0. The standard InChI is InChI=1S/C20H18F2N2O4/c21-15-3-1-14(9-16(15)22)20(26)24-7-5-23(6-8-24)11-17(25)13-2-4-18-19(10-13)28-12-27-18/h1-4,9-10H,5-8,11-12H2. The van der Waals surface area contributed by atoms with E-state index in [9.17, 15) is 18.4 Å². The number of piperazine rings is 1. The third-order valence-corrected chi connectivity index (χ3v) is 4.89. The molecule has 1 saturated heterocycles. The third kappa shape index (κ3) is 3.68. The Morgan fingerprint density at radius 3 is 2.32 bits per heavy atom. The Morgan fingerprint density at radius 1 is 0.857 bits per heavy atom. The summed E-state index contributed by atoms with van der Waals surface area (Å²) in [6, 6.07) is 8.23. The first-order valence-electron chi connectivity index (χ1n) is 8.91. The van der Waals surface area contributed by atoms with E-state index in [4.69, 9.17) is 9.47 Å². The molecule has 4 rings (SSSR count). The number of nitrogens with zero attached hydrogens (tertiary/aromatic N) is 2. The molecule has 0 radical (unpaired) electrons. The van der Waals surface area contributed by atoms with Gasteiger partial charge in [-0.15, -0.1) is 0 Å². The Labute approximate surface area is 160 Å². The molecule has 0 bridgehead atoms. The number of amides is 1. The number of ether oxygens (including phenoxy) is 2. The van der Waals surface area contributed by atoms with E-state index in [2.05, 4.69) is 0 Å². The van der Waals surface area contributed by atoms with Gasteiger partial charge in [0.15, 0.2) is 28.9 Å². The van der Waals surface area contributed by atoms with Crippen molar-refractivity contribution in [2.45, 2.75) is 0 Å². The minimum absolute atomic E-state index is 0.0429. The number of rotatable bonds is 4. The van der Waals surface area contributed by atoms with Crippen molar-refractivity contribution in [2.75, 3.05) is 39.5 Å². The second-order valence-corrected chi connectivity index (χ2v) is 6.69. The molecule has 0 aliphatic carbocycles. The number of hydrogen-bond donors (Lipinski definition) is 0. The van der Waals surface area contributed by atoms with Crippen LogP contribution in [0.3, 0.4) is 0 Å². The fraction of sp³-hybridized carbons (Fsp3) is 0.300. The number of carbonyl (C=O) groups excluding carboxylic acids is 2. The van der Waals surface area contributed by atoms with Crippen LogP contribution in [0.1, 0.15) is 20.7 Å². The molecule has 2 aliphatic rings. The lowest BCUT2D eigenvalue weighted by Crippen LogP contribution is -2.49. The molecule has 0 aromatic heterocycles. The van der Waals surface area contributed by atoms with Gasteiger partial charge >= 0.3 is 0 Å². The molecule has 1 amide bonds. The van der Waals surface area contributed by atoms with Gasteiger partial charge in [0.25, 0.3) is 5.91 Å². The Bertz CT molecular complexity index is 926. The van der Waals surface area contributed by atoms with Crippen LogP contribution >= 0.6 is 0 Å². The molecule has 2 aliphatic heterocycles. The Kier molecular flexibility index (Phi) is 4.95. The van der Waals surface area contributed by atoms with Crippen LogP contribution in [0, 0.1) is 11.6 Å². The van der Waals surface area contributed by atoms with Crippen LogP contribution in [0.2, 0.25) is 0 Å². The largest absolute Gasteiger partial charge is 0.454 e. The van der Waals surface area contributed by atoms with Gasteiger partial charge in [-0.1, -0.05) is 0 Å². The van der Waals surface area contributed by atoms with Crippen LogP contribution in [0.5, 0.6) is 11.5 Å². The van der Waals surface area contributed by atoms with E-state index >= 15 is 0 Å². The molecule has 0 N–H and O–H groups in total. The van der Waals surface area contributed by atoms with Crippen molar-refractivity contribution < 1.29 is 27.8 Å². The summed E-state index contributed by atoms with van der Waals surface area (Å²) in [5.41, 5.74) is 0.660. The molecule has 2 aromatic rings. The average Bonchev–Trinajstić information content (AvgIpc) is 3.18. The normalized spacial score (nSPS) is 16.3. The topological polar surface area (TPSA) is 59.1 Å². The molecule has 0 atom stereocenters. The highest BCUT2D eigenvalue weighted by Gasteiger charge is 2.25. The second-order valence-electron chi connectivity index (χ2n) is 6.69. The number of carbonyl (C=O) groups is 2. The first-order chi connectivity index (χ1) is 13.5. The molecule has 28 heavy (non-hydrogen) atoms. The Morgan fingerprint density at radius 2 is 1.57 bits per heavy atom. The minimum Gasteiger partial charge on any atom is -0.454 e. The van der Waals surface area contributed by atoms with Gasteiger partial charge in [0.2, 0.25) is 6.79 Å². The molecule has 2 aromatic carbocycles. The van der Waals surface area contributed by atoms with Crippen molar-refractivity contribution in [1.29, 1.82) is 0 Å². The van der Waals surface area contributed by atoms with Gasteiger partial charge in [-0.3, -0.25) is 14.5 Å². The number of hydrogen-bond acceptors (Lipinski definition) is 5. The lowest BCUT2D eigenvalue weighted by molar-refractivity contribution is 0.0623. The van der Waals surface area contributed by atoms with E-state index in [1.807, 2.05) is 4.90 Å². The third-order valence-electron chi connectivity index (χ3n) is 4.89. The fourth-order valence-electron chi connectivity index (χ4n) is 3.29. The number of halogens is 2. The van der Waals surface area contributed by atoms with Crippen LogP contribution < -0.4 is 9.47 Å². The zero-order chi connectivity index (χ0) is 19.7. The fourth-order valence-corrected chi connectivity index (χ4v) is 3.29. The summed E-state index contributed by atoms with van der Waals surface area (Å²) in [5, 5.41) is 0. The maximum absolute atomic E-state index is 13.3. The van der Waals surface area contributed by atoms with E-state index in [0.717, 1.165) is 12.1 Å². The number of Topliss-reactive ketones (excluding diaryl/α,β-unsaturated/α-hetero) is 1. The highest BCUT2D eigenvalue weighted by atomic mass is 19.2. The zero-order valence-corrected chi connectivity index (χ0v) is 15.0. The molecular formula is C20H18F2N2O4. The number of benzene rings is 2. The van der Waals surface area contributed by atoms with Gasteiger partial charge in [0, 0.05) is 37.3 Å². The van der Waals surface area contributed by atoms with Crippen LogP contribution in [0.4, 0.5) is 8.78 Å². The van der Waals surface area contributed by atoms with Crippen LogP contribution in [-0.4, -0.2) is 61.0 Å². The van der Waals surface area contributed by atoms with E-state index in [1.54, 1.807) is 23.1 Å². The SMILES string of the molecule is O=C(CN1CCN(C(=O)c2ccc(F)c(F)c2)CC1)c1ccc2c(c1)OCO2. The maximum atomic E-state index is 13.3. The van der Waals surface area contributed by atoms with Crippen molar-refractivity contribution in [3.05, 3.63) is 59.2 Å². The van der Waals surface area contributed by atoms with Crippen molar-refractivity contribution in [3.63, 3.8) is 0 Å². The van der Waals surface area contributed by atoms with E-state index in [-0.39, 0.29) is 30.6 Å². The van der Waals surface area contributed by atoms with Gasteiger partial charge in [0.1, 0.15) is 0 Å². The smallest absolute Gasteiger partial charge is 0.254 e. The summed E-state index contributed by atoms with van der Waals surface area (Å²) in [5.74, 6) is -1.23. The van der Waals surface area contributed by atoms with E-state index in [0.29, 0.717) is 43.2 Å². The lowest BCUT2D eigenvalue weighted by Gasteiger charge is -2.34. The molecule has 0 unspecified atom stereocenters. The number of ketones is 1. The second kappa shape index (κ2) is 7.55. The summed E-state index contributed by atoms with van der Waals surface area (Å²) in [6.45, 7) is 2.24. The first-order valence-corrected chi connectivity index (χ1v) is 8.91. The summed E-state index contributed by atoms with van der Waals surface area (Å²) in [7, 11) is 0. The Hall–Kier alpha value is -3.00. The molecule has 8 heteroatoms. The summed E-state index contributed by atoms with van der Waals surface area (Å²) in [4.78, 5) is 28.5. The molecule has 1 fully saturated rings. The molecule has 2 heterocycles. The maximum Gasteiger partial charge on any atom is 0.254 e. The van der Waals surface area contributed by atoms with E-state index < -0.39 is 11.6 Å². The quantitative estimate of drug-likeness (QED) is 0.753.